The van der Waals surface area contributed by atoms with Crippen molar-refractivity contribution in [2.45, 2.75) is 115 Å². The molecule has 2 saturated carbocycles. The number of hydrogen-bond donors (Lipinski definition) is 1. The number of likely N-dealkylation sites (tertiary alicyclic amines) is 1. The summed E-state index contributed by atoms with van der Waals surface area (Å²) in [6.07, 6.45) is 0.370. The van der Waals surface area contributed by atoms with Crippen LogP contribution < -0.4 is 10.1 Å². The standard InChI is InChI=1S/C38H46ClN3O7/c1-8-37(49-27-16-15-22(3)19-23(27)4)33(46)40-36(37)18-17-25(39)26(20-36)42(35(5,6)7)31(45)28-29(43)38(28)30(44)32(48-9-2)41(34(38)47)21-24-13-11-10-12-14-24/h10-16,19,25-26,28,32H,8-9,17-18,20-21H2,1-7H3,(H,40,46). The van der Waals surface area contributed by atoms with Crippen molar-refractivity contribution in [2.24, 2.45) is 11.3 Å². The van der Waals surface area contributed by atoms with Gasteiger partial charge in [0.2, 0.25) is 23.2 Å². The van der Waals surface area contributed by atoms with Gasteiger partial charge in [-0.15, -0.1) is 11.6 Å². The fourth-order valence-corrected chi connectivity index (χ4v) is 8.86. The Morgan fingerprint density at radius 3 is 2.33 bits per heavy atom. The molecule has 2 spiro atoms. The Kier molecular flexibility index (Phi) is 8.76. The zero-order valence-corrected chi connectivity index (χ0v) is 30.1. The second-order valence-corrected chi connectivity index (χ2v) is 15.5. The molecule has 4 fully saturated rings. The van der Waals surface area contributed by atoms with Gasteiger partial charge in [-0.1, -0.05) is 55.0 Å². The third-order valence-electron chi connectivity index (χ3n) is 11.0. The van der Waals surface area contributed by atoms with Gasteiger partial charge in [0, 0.05) is 18.7 Å². The molecule has 2 saturated heterocycles. The van der Waals surface area contributed by atoms with Gasteiger partial charge in [0.05, 0.1) is 17.0 Å². The van der Waals surface area contributed by atoms with E-state index in [-0.39, 0.29) is 25.5 Å². The van der Waals surface area contributed by atoms with Crippen molar-refractivity contribution in [3.63, 3.8) is 0 Å². The first-order valence-corrected chi connectivity index (χ1v) is 17.6. The lowest BCUT2D eigenvalue weighted by molar-refractivity contribution is -0.180. The van der Waals surface area contributed by atoms with E-state index >= 15 is 0 Å². The van der Waals surface area contributed by atoms with Crippen LogP contribution in [0.15, 0.2) is 48.5 Å². The minimum Gasteiger partial charge on any atom is -0.475 e. The van der Waals surface area contributed by atoms with Crippen LogP contribution in [-0.2, 0) is 35.3 Å². The molecule has 1 N–H and O–H groups in total. The van der Waals surface area contributed by atoms with Crippen LogP contribution in [0.25, 0.3) is 0 Å². The molecule has 3 amide bonds. The largest absolute Gasteiger partial charge is 0.475 e. The Bertz CT molecular complexity index is 1710. The normalized spacial score (nSPS) is 32.4. The summed E-state index contributed by atoms with van der Waals surface area (Å²) in [6.45, 7) is 13.3. The number of aryl methyl sites for hydroxylation is 2. The summed E-state index contributed by atoms with van der Waals surface area (Å²) in [7, 11) is 0. The molecule has 10 nitrogen and oxygen atoms in total. The number of ether oxygens (including phenoxy) is 2. The molecule has 262 valence electrons. The Morgan fingerprint density at radius 2 is 1.73 bits per heavy atom. The van der Waals surface area contributed by atoms with Gasteiger partial charge in [-0.3, -0.25) is 24.0 Å². The highest BCUT2D eigenvalue weighted by atomic mass is 35.5. The first kappa shape index (κ1) is 35.1. The second kappa shape index (κ2) is 12.2. The van der Waals surface area contributed by atoms with Gasteiger partial charge in [0.1, 0.15) is 11.7 Å². The number of rotatable bonds is 9. The Morgan fingerprint density at radius 1 is 1.04 bits per heavy atom. The van der Waals surface area contributed by atoms with Gasteiger partial charge in [-0.2, -0.15) is 0 Å². The van der Waals surface area contributed by atoms with Crippen molar-refractivity contribution >= 4 is 40.9 Å². The Hall–Kier alpha value is -3.76. The van der Waals surface area contributed by atoms with E-state index in [0.717, 1.165) is 16.7 Å². The Labute approximate surface area is 292 Å². The van der Waals surface area contributed by atoms with Gasteiger partial charge < -0.3 is 24.6 Å². The highest BCUT2D eigenvalue weighted by molar-refractivity contribution is 6.45. The van der Waals surface area contributed by atoms with Crippen LogP contribution in [0.4, 0.5) is 0 Å². The lowest BCUT2D eigenvalue weighted by Crippen LogP contribution is -2.85. The maximum Gasteiger partial charge on any atom is 0.267 e. The van der Waals surface area contributed by atoms with E-state index < -0.39 is 69.0 Å². The quantitative estimate of drug-likeness (QED) is 0.231. The van der Waals surface area contributed by atoms with Gasteiger partial charge in [-0.05, 0) is 84.4 Å². The van der Waals surface area contributed by atoms with E-state index in [2.05, 4.69) is 5.32 Å². The molecule has 6 rings (SSSR count). The van der Waals surface area contributed by atoms with Crippen LogP contribution >= 0.6 is 11.6 Å². The Balaban J connectivity index is 1.33. The molecule has 7 atom stereocenters. The van der Waals surface area contributed by atoms with Crippen molar-refractivity contribution in [1.29, 1.82) is 0 Å². The average Bonchev–Trinajstić information content (AvgIpc) is 3.62. The number of β-lactam (4-membered cyclic amide) rings is 1. The molecular formula is C38H46ClN3O7. The third-order valence-corrected chi connectivity index (χ3v) is 11.5. The number of amides is 3. The number of alkyl halides is 1. The van der Waals surface area contributed by atoms with E-state index in [4.69, 9.17) is 21.1 Å². The molecule has 2 aliphatic heterocycles. The van der Waals surface area contributed by atoms with Crippen LogP contribution in [0.2, 0.25) is 0 Å². The van der Waals surface area contributed by atoms with Crippen molar-refractivity contribution in [3.05, 3.63) is 65.2 Å². The molecule has 2 aromatic carbocycles. The predicted octanol–water partition coefficient (Wildman–Crippen LogP) is 4.65. The maximum absolute atomic E-state index is 14.7. The lowest BCUT2D eigenvalue weighted by atomic mass is 9.60. The summed E-state index contributed by atoms with van der Waals surface area (Å²) >= 11 is 7.06. The summed E-state index contributed by atoms with van der Waals surface area (Å²) < 4.78 is 12.4. The van der Waals surface area contributed by atoms with Crippen LogP contribution in [0.1, 0.15) is 77.0 Å². The van der Waals surface area contributed by atoms with Gasteiger partial charge in [0.25, 0.3) is 5.91 Å². The summed E-state index contributed by atoms with van der Waals surface area (Å²) in [6, 6.07) is 14.3. The smallest absolute Gasteiger partial charge is 0.267 e. The monoisotopic (exact) mass is 691 g/mol. The summed E-state index contributed by atoms with van der Waals surface area (Å²) in [5.41, 5.74) is -2.28. The molecule has 11 heteroatoms. The number of nitrogens with zero attached hydrogens (tertiary/aromatic N) is 2. The minimum atomic E-state index is -2.13. The number of ketones is 2. The summed E-state index contributed by atoms with van der Waals surface area (Å²) in [5, 5.41) is 2.63. The van der Waals surface area contributed by atoms with Crippen molar-refractivity contribution in [1.82, 2.24) is 15.1 Å². The molecule has 2 aromatic rings. The number of nitrogens with one attached hydrogen (secondary N) is 1. The van der Waals surface area contributed by atoms with E-state index in [9.17, 15) is 24.0 Å². The SMILES string of the molecule is CCOC1C(=O)C2(C(=O)C2C(=O)N(C2CC3(CCC2Cl)NC(=O)C3(CC)Oc2ccc(C)cc2C)C(C)(C)C)C(=O)N1Cc1ccccc1. The predicted molar refractivity (Wildman–Crippen MR) is 183 cm³/mol. The van der Waals surface area contributed by atoms with Crippen molar-refractivity contribution < 1.29 is 33.4 Å². The average molecular weight is 692 g/mol. The van der Waals surface area contributed by atoms with Gasteiger partial charge in [0.15, 0.2) is 17.4 Å². The molecule has 0 bridgehead atoms. The topological polar surface area (TPSA) is 122 Å². The fraction of sp³-hybridized carbons (Fsp3) is 0.553. The van der Waals surface area contributed by atoms with Crippen LogP contribution in [-0.4, -0.2) is 80.0 Å². The van der Waals surface area contributed by atoms with Crippen LogP contribution in [0, 0.1) is 25.2 Å². The van der Waals surface area contributed by atoms with Crippen LogP contribution in [0.3, 0.4) is 0 Å². The van der Waals surface area contributed by atoms with Gasteiger partial charge >= 0.3 is 0 Å². The third kappa shape index (κ3) is 5.20. The van der Waals surface area contributed by atoms with Crippen LogP contribution in [0.5, 0.6) is 5.75 Å². The molecule has 7 unspecified atom stereocenters. The molecule has 0 aromatic heterocycles. The molecule has 2 heterocycles. The number of carbonyl (C=O) groups is 5. The number of halogens is 1. The molecular weight excluding hydrogens is 646 g/mol. The lowest BCUT2D eigenvalue weighted by Gasteiger charge is -2.62. The van der Waals surface area contributed by atoms with Gasteiger partial charge in [-0.25, -0.2) is 0 Å². The highest BCUT2D eigenvalue weighted by Crippen LogP contribution is 2.58. The van der Waals surface area contributed by atoms with E-state index in [1.807, 2.05) is 90.1 Å². The molecule has 49 heavy (non-hydrogen) atoms. The summed E-state index contributed by atoms with van der Waals surface area (Å²) in [5.74, 6) is -3.85. The first-order valence-electron chi connectivity index (χ1n) is 17.2. The van der Waals surface area contributed by atoms with Crippen molar-refractivity contribution in [3.8, 4) is 5.75 Å². The number of hydrogen-bond acceptors (Lipinski definition) is 7. The molecule has 0 radical (unpaired) electrons. The zero-order chi connectivity index (χ0) is 35.7. The van der Waals surface area contributed by atoms with Crippen molar-refractivity contribution in [2.75, 3.05) is 6.61 Å². The highest BCUT2D eigenvalue weighted by Gasteiger charge is 2.84. The molecule has 4 aliphatic rings. The first-order chi connectivity index (χ1) is 23.1. The molecule has 2 aliphatic carbocycles. The zero-order valence-electron chi connectivity index (χ0n) is 29.3. The fourth-order valence-electron chi connectivity index (χ4n) is 8.55. The summed E-state index contributed by atoms with van der Waals surface area (Å²) in [4.78, 5) is 73.0. The second-order valence-electron chi connectivity index (χ2n) is 15.0. The maximum atomic E-state index is 14.7. The van der Waals surface area contributed by atoms with E-state index in [0.29, 0.717) is 25.0 Å². The number of Topliss-reactive ketones (excluding diaryl/α,β-unsaturated/α-hetero) is 2. The number of carbonyl (C=O) groups excluding carboxylic acids is 5. The number of benzene rings is 2. The minimum absolute atomic E-state index is 0.0587. The van der Waals surface area contributed by atoms with E-state index in [1.54, 1.807) is 11.8 Å². The van der Waals surface area contributed by atoms with E-state index in [1.165, 1.54) is 4.90 Å².